The van der Waals surface area contributed by atoms with Gasteiger partial charge >= 0.3 is 0 Å². The van der Waals surface area contributed by atoms with E-state index in [1.54, 1.807) is 16.8 Å². The molecule has 0 atom stereocenters. The van der Waals surface area contributed by atoms with Gasteiger partial charge in [0.15, 0.2) is 0 Å². The maximum atomic E-state index is 12.3. The zero-order valence-corrected chi connectivity index (χ0v) is 13.2. The quantitative estimate of drug-likeness (QED) is 0.805. The SMILES string of the molecule is CCn1cc(NC(=O)Cn2c(C)cc3ccccc32)ccc1=O. The molecular weight excluding hydrogens is 290 g/mol. The molecule has 2 heterocycles. The number of pyridine rings is 1. The number of aryl methyl sites for hydroxylation is 2. The first kappa shape index (κ1) is 15.1. The summed E-state index contributed by atoms with van der Waals surface area (Å²) in [5, 5.41) is 3.98. The number of rotatable bonds is 4. The van der Waals surface area contributed by atoms with Crippen LogP contribution in [0.5, 0.6) is 0 Å². The van der Waals surface area contributed by atoms with Crippen LogP contribution in [-0.2, 0) is 17.9 Å². The Labute approximate surface area is 134 Å². The molecule has 0 saturated heterocycles. The predicted octanol–water partition coefficient (Wildman–Crippen LogP) is 2.77. The lowest BCUT2D eigenvalue weighted by molar-refractivity contribution is -0.116. The Bertz CT molecular complexity index is 921. The van der Waals surface area contributed by atoms with E-state index in [-0.39, 0.29) is 18.0 Å². The lowest BCUT2D eigenvalue weighted by Crippen LogP contribution is -2.22. The molecule has 0 spiro atoms. The molecule has 0 aliphatic carbocycles. The highest BCUT2D eigenvalue weighted by Gasteiger charge is 2.10. The van der Waals surface area contributed by atoms with Crippen LogP contribution in [0.4, 0.5) is 5.69 Å². The second-order valence-electron chi connectivity index (χ2n) is 5.52. The van der Waals surface area contributed by atoms with E-state index in [2.05, 4.69) is 11.4 Å². The van der Waals surface area contributed by atoms with Gasteiger partial charge in [0, 0.05) is 30.0 Å². The van der Waals surface area contributed by atoms with Crippen LogP contribution >= 0.6 is 0 Å². The van der Waals surface area contributed by atoms with Gasteiger partial charge in [-0.25, -0.2) is 0 Å². The fourth-order valence-corrected chi connectivity index (χ4v) is 2.75. The summed E-state index contributed by atoms with van der Waals surface area (Å²) in [6.45, 7) is 4.70. The smallest absolute Gasteiger partial charge is 0.250 e. The van der Waals surface area contributed by atoms with Crippen molar-refractivity contribution in [3.8, 4) is 0 Å². The van der Waals surface area contributed by atoms with Gasteiger partial charge in [0.05, 0.1) is 5.69 Å². The third-order valence-electron chi connectivity index (χ3n) is 3.93. The first-order chi connectivity index (χ1) is 11.1. The van der Waals surface area contributed by atoms with Crippen molar-refractivity contribution in [3.63, 3.8) is 0 Å². The number of carbonyl (C=O) groups is 1. The summed E-state index contributed by atoms with van der Waals surface area (Å²) >= 11 is 0. The Morgan fingerprint density at radius 1 is 1.17 bits per heavy atom. The van der Waals surface area contributed by atoms with Crippen LogP contribution < -0.4 is 10.9 Å². The molecule has 0 unspecified atom stereocenters. The fraction of sp³-hybridized carbons (Fsp3) is 0.222. The number of benzene rings is 1. The summed E-state index contributed by atoms with van der Waals surface area (Å²) in [4.78, 5) is 23.9. The van der Waals surface area contributed by atoms with Gasteiger partial charge in [0.1, 0.15) is 6.54 Å². The number of hydrogen-bond donors (Lipinski definition) is 1. The van der Waals surface area contributed by atoms with Crippen LogP contribution in [0.3, 0.4) is 0 Å². The van der Waals surface area contributed by atoms with Gasteiger partial charge in [0.25, 0.3) is 5.56 Å². The Balaban J connectivity index is 1.81. The number of carbonyl (C=O) groups excluding carboxylic acids is 1. The predicted molar refractivity (Wildman–Crippen MR) is 91.7 cm³/mol. The second-order valence-corrected chi connectivity index (χ2v) is 5.52. The maximum absolute atomic E-state index is 12.3. The van der Waals surface area contributed by atoms with Gasteiger partial charge in [-0.3, -0.25) is 9.59 Å². The van der Waals surface area contributed by atoms with Crippen molar-refractivity contribution in [2.75, 3.05) is 5.32 Å². The number of aromatic nitrogens is 2. The zero-order valence-electron chi connectivity index (χ0n) is 13.2. The minimum atomic E-state index is -0.115. The molecule has 2 aromatic heterocycles. The van der Waals surface area contributed by atoms with E-state index in [1.165, 1.54) is 6.07 Å². The van der Waals surface area contributed by atoms with Crippen LogP contribution in [0, 0.1) is 6.92 Å². The molecular formula is C18H19N3O2. The number of nitrogens with one attached hydrogen (secondary N) is 1. The molecule has 5 nitrogen and oxygen atoms in total. The average Bonchev–Trinajstić information content (AvgIpc) is 2.85. The number of amides is 1. The number of fused-ring (bicyclic) bond motifs is 1. The third-order valence-corrected chi connectivity index (χ3v) is 3.93. The Hall–Kier alpha value is -2.82. The summed E-state index contributed by atoms with van der Waals surface area (Å²) in [5.74, 6) is -0.115. The largest absolute Gasteiger partial charge is 0.335 e. The molecule has 0 bridgehead atoms. The van der Waals surface area contributed by atoms with Crippen LogP contribution in [0.25, 0.3) is 10.9 Å². The molecule has 3 rings (SSSR count). The summed E-state index contributed by atoms with van der Waals surface area (Å²) in [6.07, 6.45) is 1.67. The maximum Gasteiger partial charge on any atom is 0.250 e. The second kappa shape index (κ2) is 6.12. The Morgan fingerprint density at radius 2 is 1.96 bits per heavy atom. The van der Waals surface area contributed by atoms with E-state index < -0.39 is 0 Å². The van der Waals surface area contributed by atoms with Crippen LogP contribution in [0.1, 0.15) is 12.6 Å². The lowest BCUT2D eigenvalue weighted by atomic mass is 10.2. The first-order valence-electron chi connectivity index (χ1n) is 7.63. The normalized spacial score (nSPS) is 10.9. The standard InChI is InChI=1S/C18H19N3O2/c1-3-20-11-15(8-9-18(20)23)19-17(22)12-21-13(2)10-14-6-4-5-7-16(14)21/h4-11H,3,12H2,1-2H3,(H,19,22). The van der Waals surface area contributed by atoms with Gasteiger partial charge in [0.2, 0.25) is 5.91 Å². The molecule has 1 aromatic carbocycles. The molecule has 3 aromatic rings. The van der Waals surface area contributed by atoms with Gasteiger partial charge in [-0.1, -0.05) is 18.2 Å². The third kappa shape index (κ3) is 3.04. The van der Waals surface area contributed by atoms with E-state index >= 15 is 0 Å². The molecule has 1 N–H and O–H groups in total. The van der Waals surface area contributed by atoms with E-state index in [0.29, 0.717) is 12.2 Å². The summed E-state index contributed by atoms with van der Waals surface area (Å²) in [5.41, 5.74) is 2.64. The highest BCUT2D eigenvalue weighted by Crippen LogP contribution is 2.19. The number of nitrogens with zero attached hydrogens (tertiary/aromatic N) is 2. The number of anilines is 1. The van der Waals surface area contributed by atoms with Gasteiger partial charge in [-0.15, -0.1) is 0 Å². The Morgan fingerprint density at radius 3 is 2.74 bits per heavy atom. The summed E-state index contributed by atoms with van der Waals surface area (Å²) < 4.78 is 3.55. The van der Waals surface area contributed by atoms with Crippen molar-refractivity contribution in [1.29, 1.82) is 0 Å². The zero-order chi connectivity index (χ0) is 16.4. The minimum absolute atomic E-state index is 0.0715. The van der Waals surface area contributed by atoms with E-state index in [1.807, 2.05) is 42.7 Å². The molecule has 0 aliphatic rings. The molecule has 0 aliphatic heterocycles. The van der Waals surface area contributed by atoms with Crippen molar-refractivity contribution in [3.05, 3.63) is 64.7 Å². The molecule has 23 heavy (non-hydrogen) atoms. The molecule has 118 valence electrons. The highest BCUT2D eigenvalue weighted by atomic mass is 16.2. The van der Waals surface area contributed by atoms with Crippen LogP contribution in [-0.4, -0.2) is 15.0 Å². The number of hydrogen-bond acceptors (Lipinski definition) is 2. The molecule has 0 saturated carbocycles. The van der Waals surface area contributed by atoms with Crippen molar-refractivity contribution in [2.45, 2.75) is 26.9 Å². The highest BCUT2D eigenvalue weighted by molar-refractivity contribution is 5.92. The van der Waals surface area contributed by atoms with Gasteiger partial charge in [-0.05, 0) is 37.4 Å². The molecule has 0 fully saturated rings. The molecule has 5 heteroatoms. The van der Waals surface area contributed by atoms with Gasteiger partial charge in [-0.2, -0.15) is 0 Å². The summed E-state index contributed by atoms with van der Waals surface area (Å²) in [6, 6.07) is 13.2. The van der Waals surface area contributed by atoms with Crippen molar-refractivity contribution in [2.24, 2.45) is 0 Å². The van der Waals surface area contributed by atoms with Crippen molar-refractivity contribution < 1.29 is 4.79 Å². The van der Waals surface area contributed by atoms with Crippen molar-refractivity contribution >= 4 is 22.5 Å². The van der Waals surface area contributed by atoms with Crippen LogP contribution in [0.15, 0.2) is 53.5 Å². The van der Waals surface area contributed by atoms with E-state index in [0.717, 1.165) is 16.6 Å². The molecule has 0 radical (unpaired) electrons. The van der Waals surface area contributed by atoms with Gasteiger partial charge < -0.3 is 14.5 Å². The van der Waals surface area contributed by atoms with E-state index in [9.17, 15) is 9.59 Å². The fourth-order valence-electron chi connectivity index (χ4n) is 2.75. The summed E-state index contributed by atoms with van der Waals surface area (Å²) in [7, 11) is 0. The van der Waals surface area contributed by atoms with E-state index in [4.69, 9.17) is 0 Å². The molecule has 1 amide bonds. The average molecular weight is 309 g/mol. The topological polar surface area (TPSA) is 56.0 Å². The minimum Gasteiger partial charge on any atom is -0.335 e. The van der Waals surface area contributed by atoms with Crippen LogP contribution in [0.2, 0.25) is 0 Å². The first-order valence-corrected chi connectivity index (χ1v) is 7.63. The Kier molecular flexibility index (Phi) is 4.02. The number of para-hydroxylation sites is 1. The monoisotopic (exact) mass is 309 g/mol. The lowest BCUT2D eigenvalue weighted by Gasteiger charge is -2.10. The van der Waals surface area contributed by atoms with Crippen molar-refractivity contribution in [1.82, 2.24) is 9.13 Å².